The van der Waals surface area contributed by atoms with E-state index in [2.05, 4.69) is 0 Å². The minimum atomic E-state index is -1.52. The molecule has 0 saturated heterocycles. The highest BCUT2D eigenvalue weighted by molar-refractivity contribution is 6.31. The Morgan fingerprint density at radius 2 is 2.08 bits per heavy atom. The molecule has 0 fully saturated rings. The molecular weight excluding hydrogens is 202 g/mol. The average molecular weight is 207 g/mol. The summed E-state index contributed by atoms with van der Waals surface area (Å²) in [4.78, 5) is 10.4. The summed E-state index contributed by atoms with van der Waals surface area (Å²) in [5, 5.41) is 8.07. The van der Waals surface area contributed by atoms with Gasteiger partial charge in [0.05, 0.1) is 10.6 Å². The molecule has 0 spiro atoms. The molecule has 0 radical (unpaired) electrons. The molecule has 0 aliphatic heterocycles. The minimum absolute atomic E-state index is 0.195. The van der Waals surface area contributed by atoms with Crippen LogP contribution >= 0.6 is 11.6 Å². The van der Waals surface area contributed by atoms with Crippen LogP contribution in [0.25, 0.3) is 0 Å². The predicted octanol–water partition coefficient (Wildman–Crippen LogP) is 2.62. The van der Waals surface area contributed by atoms with Crippen LogP contribution in [0.1, 0.15) is 15.9 Å². The summed E-state index contributed by atoms with van der Waals surface area (Å²) in [6, 6.07) is 0.562. The van der Waals surface area contributed by atoms with Gasteiger partial charge in [-0.15, -0.1) is 0 Å². The van der Waals surface area contributed by atoms with Gasteiger partial charge >= 0.3 is 5.97 Å². The number of carbonyl (C=O) groups is 1. The normalized spacial score (nSPS) is 10.2. The summed E-state index contributed by atoms with van der Waals surface area (Å²) in [6.07, 6.45) is 0. The van der Waals surface area contributed by atoms with Gasteiger partial charge in [0.25, 0.3) is 0 Å². The molecule has 0 atom stereocenters. The van der Waals surface area contributed by atoms with Crippen molar-refractivity contribution in [1.29, 1.82) is 0 Å². The largest absolute Gasteiger partial charge is 0.478 e. The van der Waals surface area contributed by atoms with Crippen LogP contribution in [0, 0.1) is 18.6 Å². The molecule has 0 bridgehead atoms. The second-order valence-electron chi connectivity index (χ2n) is 2.46. The zero-order valence-electron chi connectivity index (χ0n) is 6.57. The summed E-state index contributed by atoms with van der Waals surface area (Å²) in [7, 11) is 0. The molecule has 1 aromatic carbocycles. The Labute approximate surface area is 77.8 Å². The maximum atomic E-state index is 13.1. The molecule has 0 aliphatic carbocycles. The van der Waals surface area contributed by atoms with Gasteiger partial charge in [-0.05, 0) is 13.0 Å². The first-order valence-corrected chi connectivity index (χ1v) is 3.70. The zero-order chi connectivity index (χ0) is 10.2. The third-order valence-electron chi connectivity index (χ3n) is 1.61. The smallest absolute Gasteiger partial charge is 0.338 e. The molecule has 1 rings (SSSR count). The summed E-state index contributed by atoms with van der Waals surface area (Å²) < 4.78 is 25.9. The monoisotopic (exact) mass is 206 g/mol. The molecule has 70 valence electrons. The topological polar surface area (TPSA) is 37.3 Å². The van der Waals surface area contributed by atoms with Crippen LogP contribution in [0.5, 0.6) is 0 Å². The quantitative estimate of drug-likeness (QED) is 0.718. The maximum absolute atomic E-state index is 13.1. The number of carboxylic acids is 1. The van der Waals surface area contributed by atoms with Crippen molar-refractivity contribution in [3.8, 4) is 0 Å². The fraction of sp³-hybridized carbons (Fsp3) is 0.125. The number of halogens is 3. The van der Waals surface area contributed by atoms with Gasteiger partial charge in [-0.25, -0.2) is 13.6 Å². The first-order chi connectivity index (χ1) is 5.95. The second kappa shape index (κ2) is 3.30. The lowest BCUT2D eigenvalue weighted by molar-refractivity contribution is 0.0691. The third kappa shape index (κ3) is 1.62. The maximum Gasteiger partial charge on any atom is 0.338 e. The average Bonchev–Trinajstić information content (AvgIpc) is 2.07. The van der Waals surface area contributed by atoms with Crippen molar-refractivity contribution in [3.05, 3.63) is 33.9 Å². The first kappa shape index (κ1) is 9.92. The van der Waals surface area contributed by atoms with E-state index in [9.17, 15) is 13.6 Å². The number of carboxylic acid groups (broad SMARTS) is 1. The highest BCUT2D eigenvalue weighted by Gasteiger charge is 2.18. The van der Waals surface area contributed by atoms with Crippen molar-refractivity contribution in [2.75, 3.05) is 0 Å². The van der Waals surface area contributed by atoms with E-state index >= 15 is 0 Å². The van der Waals surface area contributed by atoms with Crippen molar-refractivity contribution in [3.63, 3.8) is 0 Å². The summed E-state index contributed by atoms with van der Waals surface area (Å²) in [5.41, 5.74) is -0.904. The molecule has 13 heavy (non-hydrogen) atoms. The highest BCUT2D eigenvalue weighted by atomic mass is 35.5. The highest BCUT2D eigenvalue weighted by Crippen LogP contribution is 2.24. The Kier molecular flexibility index (Phi) is 2.52. The van der Waals surface area contributed by atoms with Crippen LogP contribution in [-0.4, -0.2) is 11.1 Å². The summed E-state index contributed by atoms with van der Waals surface area (Å²) in [6.45, 7) is 1.22. The molecule has 2 nitrogen and oxygen atoms in total. The van der Waals surface area contributed by atoms with Crippen LogP contribution in [0.15, 0.2) is 6.07 Å². The first-order valence-electron chi connectivity index (χ1n) is 3.32. The van der Waals surface area contributed by atoms with E-state index < -0.39 is 23.2 Å². The lowest BCUT2D eigenvalue weighted by atomic mass is 10.1. The van der Waals surface area contributed by atoms with Crippen molar-refractivity contribution in [1.82, 2.24) is 0 Å². The number of aromatic carboxylic acids is 1. The number of rotatable bonds is 1. The fourth-order valence-corrected chi connectivity index (χ4v) is 1.02. The van der Waals surface area contributed by atoms with Gasteiger partial charge < -0.3 is 5.11 Å². The zero-order valence-corrected chi connectivity index (χ0v) is 7.32. The lowest BCUT2D eigenvalue weighted by Crippen LogP contribution is -2.04. The van der Waals surface area contributed by atoms with Crippen molar-refractivity contribution < 1.29 is 18.7 Å². The predicted molar refractivity (Wildman–Crippen MR) is 43.1 cm³/mol. The van der Waals surface area contributed by atoms with Crippen LogP contribution in [0.2, 0.25) is 5.02 Å². The molecule has 0 aliphatic rings. The standard InChI is InChI=1S/C8H5ClF2O2/c1-3-6(9)5(10)2-4(7(3)11)8(12)13/h2H,1H3,(H,12,13). The van der Waals surface area contributed by atoms with E-state index in [4.69, 9.17) is 16.7 Å². The van der Waals surface area contributed by atoms with Crippen LogP contribution in [0.3, 0.4) is 0 Å². The molecule has 0 heterocycles. The Morgan fingerprint density at radius 3 is 2.54 bits per heavy atom. The molecule has 1 aromatic rings. The van der Waals surface area contributed by atoms with Gasteiger partial charge in [-0.2, -0.15) is 0 Å². The molecule has 1 N–H and O–H groups in total. The Balaban J connectivity index is 3.50. The van der Waals surface area contributed by atoms with E-state index in [-0.39, 0.29) is 10.6 Å². The number of benzene rings is 1. The van der Waals surface area contributed by atoms with Crippen LogP contribution in [0.4, 0.5) is 8.78 Å². The number of hydrogen-bond donors (Lipinski definition) is 1. The Hall–Kier alpha value is -1.16. The van der Waals surface area contributed by atoms with Gasteiger partial charge in [0.15, 0.2) is 0 Å². The van der Waals surface area contributed by atoms with E-state index in [1.807, 2.05) is 0 Å². The van der Waals surface area contributed by atoms with Gasteiger partial charge in [-0.3, -0.25) is 0 Å². The Morgan fingerprint density at radius 1 is 1.54 bits per heavy atom. The van der Waals surface area contributed by atoms with Crippen molar-refractivity contribution in [2.45, 2.75) is 6.92 Å². The van der Waals surface area contributed by atoms with E-state index in [0.717, 1.165) is 0 Å². The minimum Gasteiger partial charge on any atom is -0.478 e. The third-order valence-corrected chi connectivity index (χ3v) is 2.07. The van der Waals surface area contributed by atoms with E-state index in [1.54, 1.807) is 0 Å². The number of hydrogen-bond acceptors (Lipinski definition) is 1. The second-order valence-corrected chi connectivity index (χ2v) is 2.84. The molecule has 0 amide bonds. The molecule has 0 unspecified atom stereocenters. The molecule has 0 aromatic heterocycles. The van der Waals surface area contributed by atoms with Crippen LogP contribution < -0.4 is 0 Å². The van der Waals surface area contributed by atoms with Gasteiger partial charge in [0.1, 0.15) is 11.6 Å². The Bertz CT molecular complexity index is 377. The summed E-state index contributed by atoms with van der Waals surface area (Å²) in [5.74, 6) is -3.45. The van der Waals surface area contributed by atoms with Gasteiger partial charge in [-0.1, -0.05) is 11.6 Å². The van der Waals surface area contributed by atoms with Crippen molar-refractivity contribution in [2.24, 2.45) is 0 Å². The van der Waals surface area contributed by atoms with E-state index in [1.165, 1.54) is 6.92 Å². The van der Waals surface area contributed by atoms with E-state index in [0.29, 0.717) is 6.07 Å². The molecular formula is C8H5ClF2O2. The molecule has 0 saturated carbocycles. The summed E-state index contributed by atoms with van der Waals surface area (Å²) >= 11 is 5.35. The van der Waals surface area contributed by atoms with Crippen molar-refractivity contribution >= 4 is 17.6 Å². The van der Waals surface area contributed by atoms with Crippen LogP contribution in [-0.2, 0) is 0 Å². The lowest BCUT2D eigenvalue weighted by Gasteiger charge is -2.04. The van der Waals surface area contributed by atoms with Gasteiger partial charge in [0.2, 0.25) is 0 Å². The SMILES string of the molecule is Cc1c(F)c(C(=O)O)cc(F)c1Cl. The van der Waals surface area contributed by atoms with Gasteiger partial charge in [0, 0.05) is 5.56 Å². The molecule has 5 heteroatoms. The fourth-order valence-electron chi connectivity index (χ4n) is 0.887.